The molecular formula is C67H118O12. The van der Waals surface area contributed by atoms with E-state index in [1.54, 1.807) is 0 Å². The normalized spacial score (nSPS) is 18.1. The Morgan fingerprint density at radius 2 is 0.785 bits per heavy atom. The number of rotatable bonds is 56. The van der Waals surface area contributed by atoms with Gasteiger partial charge in [-0.3, -0.25) is 14.4 Å². The minimum atomic E-state index is -1.91. The van der Waals surface area contributed by atoms with Gasteiger partial charge in [0.05, 0.1) is 6.61 Å². The van der Waals surface area contributed by atoms with E-state index < -0.39 is 67.3 Å². The lowest BCUT2D eigenvalue weighted by Crippen LogP contribution is -2.61. The Bertz CT molecular complexity index is 1560. The number of allylic oxidation sites excluding steroid dienone is 8. The van der Waals surface area contributed by atoms with Crippen LogP contribution in [0.15, 0.2) is 48.6 Å². The Balaban J connectivity index is 2.63. The highest BCUT2D eigenvalue weighted by Gasteiger charge is 2.50. The van der Waals surface area contributed by atoms with Crippen molar-refractivity contribution in [3.63, 3.8) is 0 Å². The number of esters is 3. The Kier molecular flexibility index (Phi) is 51.5. The molecule has 0 saturated carbocycles. The smallest absolute Gasteiger partial charge is 0.335 e. The average molecular weight is 1120 g/mol. The van der Waals surface area contributed by atoms with Gasteiger partial charge in [0.15, 0.2) is 24.6 Å². The molecular weight excluding hydrogens is 997 g/mol. The second kappa shape index (κ2) is 55.2. The zero-order chi connectivity index (χ0) is 57.5. The van der Waals surface area contributed by atoms with Crippen LogP contribution in [0.25, 0.3) is 0 Å². The molecule has 0 aromatic heterocycles. The van der Waals surface area contributed by atoms with Gasteiger partial charge in [-0.15, -0.1) is 0 Å². The Morgan fingerprint density at radius 3 is 1.22 bits per heavy atom. The molecule has 0 amide bonds. The first-order valence-electron chi connectivity index (χ1n) is 32.6. The van der Waals surface area contributed by atoms with Crippen LogP contribution in [0.1, 0.15) is 303 Å². The molecule has 0 radical (unpaired) electrons. The van der Waals surface area contributed by atoms with Crippen LogP contribution < -0.4 is 0 Å². The topological polar surface area (TPSA) is 175 Å². The quantitative estimate of drug-likeness (QED) is 0.0228. The number of aliphatic hydroxyl groups is 2. The first-order chi connectivity index (χ1) is 38.6. The van der Waals surface area contributed by atoms with E-state index in [9.17, 15) is 34.5 Å². The second-order valence-corrected chi connectivity index (χ2v) is 22.4. The van der Waals surface area contributed by atoms with E-state index in [0.29, 0.717) is 19.3 Å². The van der Waals surface area contributed by atoms with E-state index in [2.05, 4.69) is 69.4 Å². The fraction of sp³-hybridized carbons (Fsp3) is 0.821. The standard InChI is InChI=1S/C67H118O12/c1-4-7-10-13-16-19-22-25-27-29-30-32-34-37-40-43-46-49-52-55-61(70)78-65-63(72)62(71)64(66(73)74)79-67(65)76-57-58(77-60(69)54-51-48-45-42-39-35-24-21-18-15-12-9-6-3)56-75-59(68)53-50-47-44-41-38-36-33-31-28-26-23-20-17-14-11-8-5-2/h12,15-16,19,21,24-25,27,58,62-65,67,71-72H,4-11,13-14,17-18,20,22-23,26,28-57H2,1-3H3,(H,73,74)/b15-12-,19-16-,24-21-,27-25-. The van der Waals surface area contributed by atoms with E-state index in [0.717, 1.165) is 109 Å². The molecule has 0 aromatic rings. The molecule has 3 N–H and O–H groups in total. The van der Waals surface area contributed by atoms with Gasteiger partial charge in [-0.1, -0.05) is 256 Å². The van der Waals surface area contributed by atoms with Crippen molar-refractivity contribution in [3.05, 3.63) is 48.6 Å². The Hall–Kier alpha value is -3.32. The minimum absolute atomic E-state index is 0.0558. The Labute approximate surface area is 482 Å². The molecule has 1 aliphatic rings. The first-order valence-corrected chi connectivity index (χ1v) is 32.6. The van der Waals surface area contributed by atoms with Gasteiger partial charge in [-0.2, -0.15) is 0 Å². The lowest BCUT2D eigenvalue weighted by atomic mass is 9.98. The SMILES string of the molecule is CCC/C=C\C/C=C\CCCCCCCC(=O)OC(COC(=O)CCCCCCCCCCCCCCCCCCC)COC1OC(C(=O)O)C(O)C(O)C1OC(=O)CCCCCCCCCCC/C=C\C/C=C\CCCCC. The molecule has 1 fully saturated rings. The first kappa shape index (κ1) is 73.7. The number of carboxylic acids is 1. The monoisotopic (exact) mass is 1110 g/mol. The van der Waals surface area contributed by atoms with Crippen LogP contribution in [0.3, 0.4) is 0 Å². The van der Waals surface area contributed by atoms with Crippen LogP contribution in [-0.2, 0) is 42.9 Å². The van der Waals surface area contributed by atoms with Crippen molar-refractivity contribution in [1.82, 2.24) is 0 Å². The summed E-state index contributed by atoms with van der Waals surface area (Å²) in [6.45, 7) is 5.94. The molecule has 0 bridgehead atoms. The highest BCUT2D eigenvalue weighted by atomic mass is 16.7. The number of carbonyl (C=O) groups excluding carboxylic acids is 3. The zero-order valence-electron chi connectivity index (χ0n) is 50.6. The van der Waals surface area contributed by atoms with E-state index in [1.807, 2.05) is 0 Å². The summed E-state index contributed by atoms with van der Waals surface area (Å²) in [6, 6.07) is 0. The summed E-state index contributed by atoms with van der Waals surface area (Å²) in [5.41, 5.74) is 0. The number of aliphatic hydroxyl groups excluding tert-OH is 2. The van der Waals surface area contributed by atoms with Gasteiger partial charge in [-0.25, -0.2) is 4.79 Å². The lowest BCUT2D eigenvalue weighted by molar-refractivity contribution is -0.301. The molecule has 12 nitrogen and oxygen atoms in total. The van der Waals surface area contributed by atoms with Crippen molar-refractivity contribution < 1.29 is 58.2 Å². The largest absolute Gasteiger partial charge is 0.479 e. The van der Waals surface area contributed by atoms with Crippen LogP contribution in [0.4, 0.5) is 0 Å². The molecule has 6 atom stereocenters. The maximum atomic E-state index is 13.2. The third-order valence-electron chi connectivity index (χ3n) is 14.9. The van der Waals surface area contributed by atoms with Crippen LogP contribution >= 0.6 is 0 Å². The maximum Gasteiger partial charge on any atom is 0.335 e. The van der Waals surface area contributed by atoms with Gasteiger partial charge in [-0.05, 0) is 77.0 Å². The third-order valence-corrected chi connectivity index (χ3v) is 14.9. The molecule has 0 spiro atoms. The molecule has 1 saturated heterocycles. The predicted molar refractivity (Wildman–Crippen MR) is 322 cm³/mol. The van der Waals surface area contributed by atoms with Gasteiger partial charge < -0.3 is 39.0 Å². The molecule has 1 rings (SSSR count). The molecule has 0 aliphatic carbocycles. The summed E-state index contributed by atoms with van der Waals surface area (Å²) in [5.74, 6) is -3.12. The van der Waals surface area contributed by atoms with Crippen molar-refractivity contribution in [2.75, 3.05) is 13.2 Å². The molecule has 1 heterocycles. The second-order valence-electron chi connectivity index (χ2n) is 22.4. The molecule has 458 valence electrons. The zero-order valence-corrected chi connectivity index (χ0v) is 50.6. The van der Waals surface area contributed by atoms with Crippen molar-refractivity contribution in [3.8, 4) is 0 Å². The van der Waals surface area contributed by atoms with Gasteiger partial charge in [0.1, 0.15) is 18.8 Å². The number of aliphatic carboxylic acids is 1. The molecule has 1 aliphatic heterocycles. The van der Waals surface area contributed by atoms with Gasteiger partial charge in [0.25, 0.3) is 0 Å². The fourth-order valence-electron chi connectivity index (χ4n) is 9.85. The van der Waals surface area contributed by atoms with Crippen LogP contribution in [0.5, 0.6) is 0 Å². The van der Waals surface area contributed by atoms with E-state index in [-0.39, 0.29) is 25.9 Å². The van der Waals surface area contributed by atoms with Crippen LogP contribution in [-0.4, -0.2) is 89.2 Å². The van der Waals surface area contributed by atoms with Crippen LogP contribution in [0.2, 0.25) is 0 Å². The van der Waals surface area contributed by atoms with Gasteiger partial charge in [0.2, 0.25) is 0 Å². The Morgan fingerprint density at radius 1 is 0.418 bits per heavy atom. The van der Waals surface area contributed by atoms with Gasteiger partial charge >= 0.3 is 23.9 Å². The highest BCUT2D eigenvalue weighted by molar-refractivity contribution is 5.74. The maximum absolute atomic E-state index is 13.2. The van der Waals surface area contributed by atoms with Crippen molar-refractivity contribution in [1.29, 1.82) is 0 Å². The molecule has 0 aromatic carbocycles. The third kappa shape index (κ3) is 45.0. The van der Waals surface area contributed by atoms with Crippen molar-refractivity contribution in [2.24, 2.45) is 0 Å². The van der Waals surface area contributed by atoms with E-state index >= 15 is 0 Å². The fourth-order valence-corrected chi connectivity index (χ4v) is 9.85. The lowest BCUT2D eigenvalue weighted by Gasteiger charge is -2.40. The van der Waals surface area contributed by atoms with E-state index in [1.165, 1.54) is 135 Å². The summed E-state index contributed by atoms with van der Waals surface area (Å²) in [5, 5.41) is 31.6. The van der Waals surface area contributed by atoms with Gasteiger partial charge in [0, 0.05) is 19.3 Å². The highest BCUT2D eigenvalue weighted by Crippen LogP contribution is 2.27. The molecule has 12 heteroatoms. The van der Waals surface area contributed by atoms with Crippen molar-refractivity contribution >= 4 is 23.9 Å². The summed E-state index contributed by atoms with van der Waals surface area (Å²) in [6.07, 6.45) is 55.0. The number of carbonyl (C=O) groups is 4. The summed E-state index contributed by atoms with van der Waals surface area (Å²) in [7, 11) is 0. The number of ether oxygens (including phenoxy) is 5. The number of hydrogen-bond acceptors (Lipinski definition) is 11. The van der Waals surface area contributed by atoms with Crippen LogP contribution in [0, 0.1) is 0 Å². The number of unbranched alkanes of at least 4 members (excludes halogenated alkanes) is 34. The molecule has 6 unspecified atom stereocenters. The number of hydrogen-bond donors (Lipinski definition) is 3. The predicted octanol–water partition coefficient (Wildman–Crippen LogP) is 17.3. The summed E-state index contributed by atoms with van der Waals surface area (Å²) in [4.78, 5) is 51.3. The van der Waals surface area contributed by atoms with E-state index in [4.69, 9.17) is 23.7 Å². The minimum Gasteiger partial charge on any atom is -0.479 e. The van der Waals surface area contributed by atoms with Crippen molar-refractivity contribution in [2.45, 2.75) is 340 Å². The summed E-state index contributed by atoms with van der Waals surface area (Å²) >= 11 is 0. The summed E-state index contributed by atoms with van der Waals surface area (Å²) < 4.78 is 28.5. The average Bonchev–Trinajstić information content (AvgIpc) is 3.43. The number of carboxylic acid groups (broad SMARTS) is 1. The molecule has 79 heavy (non-hydrogen) atoms.